The number of nitrogens with zero attached hydrogens (tertiary/aromatic N) is 6. The molecule has 32 heavy (non-hydrogen) atoms. The predicted octanol–water partition coefficient (Wildman–Crippen LogP) is 2.98. The minimum Gasteiger partial charge on any atom is -0.489 e. The maximum absolute atomic E-state index is 13.7. The van der Waals surface area contributed by atoms with Crippen molar-refractivity contribution in [2.24, 2.45) is 0 Å². The number of rotatable bonds is 4. The summed E-state index contributed by atoms with van der Waals surface area (Å²) in [5.74, 6) is 1.17. The van der Waals surface area contributed by atoms with Crippen LogP contribution in [0.3, 0.4) is 0 Å². The Balaban J connectivity index is 1.24. The molecule has 2 aliphatic heterocycles. The Bertz CT molecular complexity index is 1160. The first-order valence-electron chi connectivity index (χ1n) is 10.4. The summed E-state index contributed by atoms with van der Waals surface area (Å²) in [6.07, 6.45) is 6.76. The van der Waals surface area contributed by atoms with Crippen molar-refractivity contribution in [2.75, 3.05) is 36.9 Å². The first-order chi connectivity index (χ1) is 15.5. The third-order valence-corrected chi connectivity index (χ3v) is 6.03. The predicted molar refractivity (Wildman–Crippen MR) is 121 cm³/mol. The highest BCUT2D eigenvalue weighted by Gasteiger charge is 2.32. The van der Waals surface area contributed by atoms with E-state index >= 15 is 0 Å². The molecule has 2 aliphatic rings. The van der Waals surface area contributed by atoms with Crippen molar-refractivity contribution in [2.45, 2.75) is 19.4 Å². The fourth-order valence-corrected chi connectivity index (χ4v) is 4.38. The van der Waals surface area contributed by atoms with Gasteiger partial charge in [0.1, 0.15) is 29.1 Å². The number of hydrogen-bond acceptors (Lipinski definition) is 7. The van der Waals surface area contributed by atoms with Gasteiger partial charge in [0.05, 0.1) is 17.9 Å². The number of nitrogens with two attached hydrogens (primary N) is 1. The van der Waals surface area contributed by atoms with Gasteiger partial charge in [0.25, 0.3) is 5.95 Å². The Morgan fingerprint density at radius 1 is 1.28 bits per heavy atom. The molecule has 0 bridgehead atoms. The van der Waals surface area contributed by atoms with Gasteiger partial charge in [-0.2, -0.15) is 15.1 Å². The SMILES string of the molecule is Cc1c(CC=CN2CCN3c4cc(F)ccc4OCC3C2)cnn1-c1nc(N)cc(Cl)n1. The average Bonchev–Trinajstić information content (AvgIpc) is 3.13. The molecule has 2 N–H and O–H groups in total. The quantitative estimate of drug-likeness (QED) is 0.605. The van der Waals surface area contributed by atoms with E-state index in [1.165, 1.54) is 12.1 Å². The lowest BCUT2D eigenvalue weighted by Gasteiger charge is -2.45. The number of aromatic nitrogens is 4. The molecular weight excluding hydrogens is 433 g/mol. The summed E-state index contributed by atoms with van der Waals surface area (Å²) >= 11 is 5.99. The summed E-state index contributed by atoms with van der Waals surface area (Å²) in [4.78, 5) is 12.9. The van der Waals surface area contributed by atoms with Crippen LogP contribution in [0, 0.1) is 12.7 Å². The van der Waals surface area contributed by atoms with Gasteiger partial charge in [-0.25, -0.2) is 9.07 Å². The molecule has 1 atom stereocenters. The van der Waals surface area contributed by atoms with Crippen molar-refractivity contribution in [3.63, 3.8) is 0 Å². The van der Waals surface area contributed by atoms with E-state index in [1.54, 1.807) is 23.0 Å². The Hall–Kier alpha value is -3.33. The number of nitrogen functional groups attached to an aromatic ring is 1. The molecule has 8 nitrogen and oxygen atoms in total. The van der Waals surface area contributed by atoms with E-state index in [4.69, 9.17) is 22.1 Å². The van der Waals surface area contributed by atoms with Crippen LogP contribution in [-0.2, 0) is 6.42 Å². The normalized spacial score (nSPS) is 17.9. The van der Waals surface area contributed by atoms with Gasteiger partial charge in [-0.3, -0.25) is 0 Å². The minimum absolute atomic E-state index is 0.192. The molecule has 1 unspecified atom stereocenters. The fraction of sp³-hybridized carbons (Fsp3) is 0.318. The van der Waals surface area contributed by atoms with E-state index in [-0.39, 0.29) is 17.0 Å². The van der Waals surface area contributed by atoms with Gasteiger partial charge in [-0.15, -0.1) is 0 Å². The third kappa shape index (κ3) is 3.95. The van der Waals surface area contributed by atoms with Crippen LogP contribution < -0.4 is 15.4 Å². The molecule has 10 heteroatoms. The molecule has 1 fully saturated rings. The molecule has 3 aromatic rings. The molecule has 1 saturated heterocycles. The summed E-state index contributed by atoms with van der Waals surface area (Å²) in [6.45, 7) is 5.05. The van der Waals surface area contributed by atoms with Crippen molar-refractivity contribution in [1.29, 1.82) is 0 Å². The summed E-state index contributed by atoms with van der Waals surface area (Å²) in [6, 6.07) is 6.40. The molecule has 0 aliphatic carbocycles. The molecular formula is C22H23ClFN7O. The van der Waals surface area contributed by atoms with E-state index in [9.17, 15) is 4.39 Å². The minimum atomic E-state index is -0.239. The Morgan fingerprint density at radius 3 is 3.00 bits per heavy atom. The highest BCUT2D eigenvalue weighted by Crippen LogP contribution is 2.35. The molecule has 0 saturated carbocycles. The number of hydrogen-bond donors (Lipinski definition) is 1. The van der Waals surface area contributed by atoms with E-state index < -0.39 is 0 Å². The molecule has 4 heterocycles. The maximum atomic E-state index is 13.7. The second-order valence-electron chi connectivity index (χ2n) is 7.94. The molecule has 5 rings (SSSR count). The van der Waals surface area contributed by atoms with Gasteiger partial charge < -0.3 is 20.3 Å². The van der Waals surface area contributed by atoms with Crippen LogP contribution in [0.25, 0.3) is 5.95 Å². The molecule has 166 valence electrons. The van der Waals surface area contributed by atoms with E-state index in [2.05, 4.69) is 37.1 Å². The van der Waals surface area contributed by atoms with Gasteiger partial charge in [0.15, 0.2) is 0 Å². The monoisotopic (exact) mass is 455 g/mol. The lowest BCUT2D eigenvalue weighted by Crippen LogP contribution is -2.55. The van der Waals surface area contributed by atoms with Crippen molar-refractivity contribution in [1.82, 2.24) is 24.6 Å². The zero-order chi connectivity index (χ0) is 22.2. The fourth-order valence-electron chi connectivity index (χ4n) is 4.19. The zero-order valence-corrected chi connectivity index (χ0v) is 18.3. The number of ether oxygens (including phenoxy) is 1. The molecule has 0 spiro atoms. The van der Waals surface area contributed by atoms with Crippen LogP contribution in [0.1, 0.15) is 11.3 Å². The highest BCUT2D eigenvalue weighted by molar-refractivity contribution is 6.29. The highest BCUT2D eigenvalue weighted by atomic mass is 35.5. The zero-order valence-electron chi connectivity index (χ0n) is 17.6. The van der Waals surface area contributed by atoms with Crippen molar-refractivity contribution >= 4 is 23.1 Å². The number of piperazine rings is 1. The van der Waals surface area contributed by atoms with Crippen LogP contribution in [0.4, 0.5) is 15.9 Å². The van der Waals surface area contributed by atoms with Gasteiger partial charge in [0, 0.05) is 37.5 Å². The second kappa shape index (κ2) is 8.31. The number of allylic oxidation sites excluding steroid dienone is 1. The van der Waals surface area contributed by atoms with E-state index in [1.807, 2.05) is 6.92 Å². The molecule has 0 amide bonds. The van der Waals surface area contributed by atoms with E-state index in [0.717, 1.165) is 48.7 Å². The summed E-state index contributed by atoms with van der Waals surface area (Å²) < 4.78 is 21.2. The number of fused-ring (bicyclic) bond motifs is 3. The lowest BCUT2D eigenvalue weighted by molar-refractivity contribution is 0.200. The Morgan fingerprint density at radius 2 is 2.16 bits per heavy atom. The summed E-state index contributed by atoms with van der Waals surface area (Å²) in [5.41, 5.74) is 8.61. The van der Waals surface area contributed by atoms with Gasteiger partial charge >= 0.3 is 0 Å². The van der Waals surface area contributed by atoms with Crippen molar-refractivity contribution in [3.05, 3.63) is 65.0 Å². The van der Waals surface area contributed by atoms with Gasteiger partial charge in [-0.1, -0.05) is 17.7 Å². The second-order valence-corrected chi connectivity index (χ2v) is 8.32. The first-order valence-corrected chi connectivity index (χ1v) is 10.8. The van der Waals surface area contributed by atoms with Crippen molar-refractivity contribution < 1.29 is 9.13 Å². The maximum Gasteiger partial charge on any atom is 0.254 e. The smallest absolute Gasteiger partial charge is 0.254 e. The van der Waals surface area contributed by atoms with Crippen LogP contribution in [-0.4, -0.2) is 56.9 Å². The Labute approximate surface area is 190 Å². The standard InChI is InChI=1S/C22H23ClFN7O/c1-14-15(11-26-31(14)22-27-20(23)10-21(25)28-22)3-2-6-29-7-8-30-17(12-29)13-32-19-5-4-16(24)9-18(19)30/h2,4-6,9-11,17H,3,7-8,12-13H2,1H3,(H2,25,27,28). The largest absolute Gasteiger partial charge is 0.489 e. The topological polar surface area (TPSA) is 85.3 Å². The molecule has 1 aromatic carbocycles. The van der Waals surface area contributed by atoms with Crippen LogP contribution >= 0.6 is 11.6 Å². The third-order valence-electron chi connectivity index (χ3n) is 5.83. The number of benzene rings is 1. The van der Waals surface area contributed by atoms with Gasteiger partial charge in [0.2, 0.25) is 0 Å². The van der Waals surface area contributed by atoms with Crippen LogP contribution in [0.2, 0.25) is 5.15 Å². The van der Waals surface area contributed by atoms with Crippen molar-refractivity contribution in [3.8, 4) is 11.7 Å². The number of anilines is 2. The van der Waals surface area contributed by atoms with Gasteiger partial charge in [-0.05, 0) is 37.2 Å². The lowest BCUT2D eigenvalue weighted by atomic mass is 10.1. The number of halogens is 2. The molecule has 0 radical (unpaired) electrons. The molecule has 2 aromatic heterocycles. The first kappa shape index (κ1) is 20.6. The average molecular weight is 456 g/mol. The van der Waals surface area contributed by atoms with E-state index in [0.29, 0.717) is 18.4 Å². The van der Waals surface area contributed by atoms with Crippen LogP contribution in [0.5, 0.6) is 5.75 Å². The summed E-state index contributed by atoms with van der Waals surface area (Å²) in [5, 5.41) is 4.67. The van der Waals surface area contributed by atoms with Crippen LogP contribution in [0.15, 0.2) is 42.7 Å². The Kier molecular flexibility index (Phi) is 5.34. The summed E-state index contributed by atoms with van der Waals surface area (Å²) in [7, 11) is 0.